The van der Waals surface area contributed by atoms with Gasteiger partial charge in [0.25, 0.3) is 10.0 Å². The summed E-state index contributed by atoms with van der Waals surface area (Å²) in [4.78, 5) is 3.93. The Balaban J connectivity index is 2.96. The van der Waals surface area contributed by atoms with E-state index in [1.807, 2.05) is 13.8 Å². The van der Waals surface area contributed by atoms with E-state index in [4.69, 9.17) is 5.14 Å². The normalized spacial score (nSPS) is 12.5. The Morgan fingerprint density at radius 3 is 2.65 bits per heavy atom. The molecule has 0 bridgehead atoms. The van der Waals surface area contributed by atoms with E-state index in [1.54, 1.807) is 6.20 Å². The molecular weight excluding hydrogens is 245 g/mol. The van der Waals surface area contributed by atoms with Gasteiger partial charge in [0.1, 0.15) is 17.2 Å². The van der Waals surface area contributed by atoms with Crippen molar-refractivity contribution < 1.29 is 12.8 Å². The summed E-state index contributed by atoms with van der Waals surface area (Å²) in [7, 11) is -4.04. The van der Waals surface area contributed by atoms with Gasteiger partial charge in [-0.15, -0.1) is 0 Å². The van der Waals surface area contributed by atoms with Crippen LogP contribution < -0.4 is 5.14 Å². The average Bonchev–Trinajstić information content (AvgIpc) is 2.57. The molecule has 0 atom stereocenters. The van der Waals surface area contributed by atoms with Crippen molar-refractivity contribution in [3.05, 3.63) is 30.0 Å². The van der Waals surface area contributed by atoms with Crippen molar-refractivity contribution in [2.24, 2.45) is 5.14 Å². The van der Waals surface area contributed by atoms with Crippen LogP contribution in [-0.4, -0.2) is 17.8 Å². The van der Waals surface area contributed by atoms with Crippen LogP contribution in [0, 0.1) is 5.82 Å². The lowest BCUT2D eigenvalue weighted by Crippen LogP contribution is -2.13. The van der Waals surface area contributed by atoms with Gasteiger partial charge in [-0.05, 0) is 12.1 Å². The molecule has 0 spiro atoms. The van der Waals surface area contributed by atoms with Crippen LogP contribution in [0.4, 0.5) is 4.39 Å². The fourth-order valence-electron chi connectivity index (χ4n) is 1.69. The summed E-state index contributed by atoms with van der Waals surface area (Å²) in [5.74, 6) is -0.237. The molecule has 0 unspecified atom stereocenters. The van der Waals surface area contributed by atoms with Crippen LogP contribution in [0.5, 0.6) is 0 Å². The fourth-order valence-corrected chi connectivity index (χ4v) is 2.38. The average molecular weight is 257 g/mol. The number of pyridine rings is 1. The molecule has 0 aliphatic heterocycles. The van der Waals surface area contributed by atoms with E-state index in [0.717, 1.165) is 0 Å². The molecule has 2 aromatic rings. The van der Waals surface area contributed by atoms with Crippen LogP contribution >= 0.6 is 0 Å². The van der Waals surface area contributed by atoms with Gasteiger partial charge in [0.15, 0.2) is 5.03 Å². The second kappa shape index (κ2) is 3.78. The molecule has 2 heterocycles. The summed E-state index contributed by atoms with van der Waals surface area (Å²) in [5.41, 5.74) is -0.0984. The Bertz CT molecular complexity index is 676. The molecule has 17 heavy (non-hydrogen) atoms. The minimum Gasteiger partial charge on any atom is -0.300 e. The van der Waals surface area contributed by atoms with Gasteiger partial charge in [0.2, 0.25) is 0 Å². The fraction of sp³-hybridized carbons (Fsp3) is 0.300. The second-order valence-electron chi connectivity index (χ2n) is 4.05. The highest BCUT2D eigenvalue weighted by atomic mass is 32.2. The Kier molecular flexibility index (Phi) is 2.67. The van der Waals surface area contributed by atoms with E-state index in [1.165, 1.54) is 16.5 Å². The molecule has 0 saturated carbocycles. The SMILES string of the molecule is CC(C)c1nc(S(N)(=O)=O)c2c(F)cccn12. The molecule has 0 fully saturated rings. The second-order valence-corrected chi connectivity index (χ2v) is 5.53. The third-order valence-corrected chi connectivity index (χ3v) is 3.22. The Morgan fingerprint density at radius 2 is 2.12 bits per heavy atom. The molecule has 5 nitrogen and oxygen atoms in total. The number of halogens is 1. The highest BCUT2D eigenvalue weighted by Crippen LogP contribution is 2.23. The third-order valence-electron chi connectivity index (χ3n) is 2.40. The minimum absolute atomic E-state index is 0.0419. The first-order chi connectivity index (χ1) is 7.82. The summed E-state index contributed by atoms with van der Waals surface area (Å²) < 4.78 is 37.8. The molecule has 0 radical (unpaired) electrons. The number of hydrogen-bond acceptors (Lipinski definition) is 3. The maximum absolute atomic E-state index is 13.7. The number of nitrogens with two attached hydrogens (primary N) is 1. The summed E-state index contributed by atoms with van der Waals surface area (Å²) in [6, 6.07) is 2.67. The van der Waals surface area contributed by atoms with E-state index >= 15 is 0 Å². The topological polar surface area (TPSA) is 77.5 Å². The molecule has 2 N–H and O–H groups in total. The van der Waals surface area contributed by atoms with Gasteiger partial charge >= 0.3 is 0 Å². The van der Waals surface area contributed by atoms with Gasteiger partial charge in [-0.1, -0.05) is 13.8 Å². The molecule has 92 valence electrons. The number of fused-ring (bicyclic) bond motifs is 1. The Labute approximate surface area is 98.1 Å². The van der Waals surface area contributed by atoms with Crippen LogP contribution in [0.25, 0.3) is 5.52 Å². The number of aromatic nitrogens is 2. The molecular formula is C10H12FN3O2S. The first-order valence-corrected chi connectivity index (χ1v) is 6.56. The number of imidazole rings is 1. The number of hydrogen-bond donors (Lipinski definition) is 1. The molecule has 0 amide bonds. The lowest BCUT2D eigenvalue weighted by molar-refractivity contribution is 0.592. The lowest BCUT2D eigenvalue weighted by Gasteiger charge is -2.03. The summed E-state index contributed by atoms with van der Waals surface area (Å²) in [6.07, 6.45) is 1.56. The zero-order valence-corrected chi connectivity index (χ0v) is 10.2. The van der Waals surface area contributed by atoms with Gasteiger partial charge in [0.05, 0.1) is 0 Å². The van der Waals surface area contributed by atoms with Crippen LogP contribution in [0.3, 0.4) is 0 Å². The maximum Gasteiger partial charge on any atom is 0.257 e. The van der Waals surface area contributed by atoms with Crippen molar-refractivity contribution in [1.82, 2.24) is 9.38 Å². The van der Waals surface area contributed by atoms with Gasteiger partial charge in [-0.25, -0.2) is 22.9 Å². The van der Waals surface area contributed by atoms with E-state index in [-0.39, 0.29) is 11.4 Å². The van der Waals surface area contributed by atoms with Crippen LogP contribution in [0.15, 0.2) is 23.4 Å². The molecule has 0 aliphatic carbocycles. The number of rotatable bonds is 2. The quantitative estimate of drug-likeness (QED) is 0.879. The highest BCUT2D eigenvalue weighted by Gasteiger charge is 2.23. The molecule has 2 rings (SSSR count). The van der Waals surface area contributed by atoms with Gasteiger partial charge in [-0.3, -0.25) is 4.40 Å². The van der Waals surface area contributed by atoms with Crippen LogP contribution in [-0.2, 0) is 10.0 Å². The smallest absolute Gasteiger partial charge is 0.257 e. The van der Waals surface area contributed by atoms with E-state index < -0.39 is 20.9 Å². The van der Waals surface area contributed by atoms with E-state index in [9.17, 15) is 12.8 Å². The Hall–Kier alpha value is -1.47. The molecule has 0 saturated heterocycles. The molecule has 0 aliphatic rings. The van der Waals surface area contributed by atoms with Crippen molar-refractivity contribution in [2.45, 2.75) is 24.8 Å². The molecule has 0 aromatic carbocycles. The zero-order valence-electron chi connectivity index (χ0n) is 9.38. The van der Waals surface area contributed by atoms with Gasteiger partial charge in [-0.2, -0.15) is 0 Å². The van der Waals surface area contributed by atoms with E-state index in [2.05, 4.69) is 4.98 Å². The predicted molar refractivity (Wildman–Crippen MR) is 60.6 cm³/mol. The van der Waals surface area contributed by atoms with Crippen molar-refractivity contribution in [2.75, 3.05) is 0 Å². The Morgan fingerprint density at radius 1 is 1.47 bits per heavy atom. The zero-order chi connectivity index (χ0) is 12.8. The van der Waals surface area contributed by atoms with Crippen molar-refractivity contribution in [3.63, 3.8) is 0 Å². The highest BCUT2D eigenvalue weighted by molar-refractivity contribution is 7.89. The van der Waals surface area contributed by atoms with Gasteiger partial charge < -0.3 is 0 Å². The summed E-state index contributed by atoms with van der Waals surface area (Å²) in [5, 5.41) is 4.62. The number of primary sulfonamides is 1. The maximum atomic E-state index is 13.7. The summed E-state index contributed by atoms with van der Waals surface area (Å²) >= 11 is 0. The van der Waals surface area contributed by atoms with Crippen molar-refractivity contribution in [3.8, 4) is 0 Å². The lowest BCUT2D eigenvalue weighted by atomic mass is 10.2. The van der Waals surface area contributed by atoms with E-state index in [0.29, 0.717) is 5.82 Å². The largest absolute Gasteiger partial charge is 0.300 e. The van der Waals surface area contributed by atoms with Crippen molar-refractivity contribution >= 4 is 15.5 Å². The third kappa shape index (κ3) is 1.91. The standard InChI is InChI=1S/C10H12FN3O2S/c1-6(2)9-13-10(17(12,15)16)8-7(11)4-3-5-14(8)9/h3-6H,1-2H3,(H2,12,15,16). The van der Waals surface area contributed by atoms with Crippen molar-refractivity contribution in [1.29, 1.82) is 0 Å². The number of sulfonamides is 1. The molecule has 7 heteroatoms. The number of nitrogens with zero attached hydrogens (tertiary/aromatic N) is 2. The summed E-state index contributed by atoms with van der Waals surface area (Å²) in [6.45, 7) is 3.68. The van der Waals surface area contributed by atoms with Gasteiger partial charge in [0, 0.05) is 12.1 Å². The first kappa shape index (κ1) is 12.0. The first-order valence-electron chi connectivity index (χ1n) is 5.01. The molecule has 2 aromatic heterocycles. The van der Waals surface area contributed by atoms with Crippen LogP contribution in [0.2, 0.25) is 0 Å². The van der Waals surface area contributed by atoms with Crippen LogP contribution in [0.1, 0.15) is 25.6 Å². The monoisotopic (exact) mass is 257 g/mol. The predicted octanol–water partition coefficient (Wildman–Crippen LogP) is 1.24. The minimum atomic E-state index is -4.04.